The fourth-order valence-corrected chi connectivity index (χ4v) is 3.96. The highest BCUT2D eigenvalue weighted by Crippen LogP contribution is 2.37. The molecule has 118 valence electrons. The highest BCUT2D eigenvalue weighted by molar-refractivity contribution is 7.92. The topological polar surface area (TPSA) is 55.4 Å². The van der Waals surface area contributed by atoms with Gasteiger partial charge in [-0.05, 0) is 30.3 Å². The fraction of sp³-hybridized carbons (Fsp3) is 0.0769. The summed E-state index contributed by atoms with van der Waals surface area (Å²) in [6.45, 7) is 0. The predicted octanol–water partition coefficient (Wildman–Crippen LogP) is 5.11. The Morgan fingerprint density at radius 1 is 1.00 bits per heavy atom. The fourth-order valence-electron chi connectivity index (χ4n) is 1.65. The predicted molar refractivity (Wildman–Crippen MR) is 90.3 cm³/mol. The van der Waals surface area contributed by atoms with Crippen LogP contribution in [0.3, 0.4) is 0 Å². The second-order valence-electron chi connectivity index (χ2n) is 4.12. The van der Waals surface area contributed by atoms with E-state index < -0.39 is 10.0 Å². The zero-order chi connectivity index (χ0) is 16.5. The standard InChI is InChI=1S/C13H9Cl4NO3S/c1-21-10-4-5-11(13(17)12(10)16)22(19,20)18-9-6-7(14)2-3-8(9)15/h2-6,18H,1H3. The van der Waals surface area contributed by atoms with Gasteiger partial charge in [0.25, 0.3) is 10.0 Å². The molecule has 0 aliphatic heterocycles. The average molecular weight is 401 g/mol. The number of sulfonamides is 1. The van der Waals surface area contributed by atoms with Gasteiger partial charge in [-0.25, -0.2) is 8.42 Å². The summed E-state index contributed by atoms with van der Waals surface area (Å²) >= 11 is 23.8. The van der Waals surface area contributed by atoms with E-state index in [-0.39, 0.29) is 31.4 Å². The normalized spacial score (nSPS) is 11.3. The van der Waals surface area contributed by atoms with Crippen molar-refractivity contribution >= 4 is 62.1 Å². The number of rotatable bonds is 4. The molecule has 0 unspecified atom stereocenters. The van der Waals surface area contributed by atoms with Gasteiger partial charge in [0.2, 0.25) is 0 Å². The Bertz CT molecular complexity index is 824. The van der Waals surface area contributed by atoms with Gasteiger partial charge in [0.15, 0.2) is 0 Å². The highest BCUT2D eigenvalue weighted by atomic mass is 35.5. The summed E-state index contributed by atoms with van der Waals surface area (Å²) in [5.74, 6) is 0.270. The largest absolute Gasteiger partial charge is 0.495 e. The molecule has 0 spiro atoms. The summed E-state index contributed by atoms with van der Waals surface area (Å²) in [5.41, 5.74) is 0.136. The molecule has 0 aliphatic carbocycles. The van der Waals surface area contributed by atoms with E-state index in [1.54, 1.807) is 6.07 Å². The van der Waals surface area contributed by atoms with Gasteiger partial charge in [-0.1, -0.05) is 46.4 Å². The number of benzene rings is 2. The van der Waals surface area contributed by atoms with Gasteiger partial charge in [-0.15, -0.1) is 0 Å². The van der Waals surface area contributed by atoms with Crippen LogP contribution >= 0.6 is 46.4 Å². The van der Waals surface area contributed by atoms with E-state index in [0.717, 1.165) is 0 Å². The minimum absolute atomic E-state index is 0.00392. The van der Waals surface area contributed by atoms with E-state index in [0.29, 0.717) is 5.02 Å². The SMILES string of the molecule is COc1ccc(S(=O)(=O)Nc2cc(Cl)ccc2Cl)c(Cl)c1Cl. The summed E-state index contributed by atoms with van der Waals surface area (Å²) in [6, 6.07) is 7.10. The Labute approximate surface area is 147 Å². The molecule has 0 aromatic heterocycles. The Morgan fingerprint density at radius 2 is 1.68 bits per heavy atom. The van der Waals surface area contributed by atoms with Gasteiger partial charge in [-0.2, -0.15) is 0 Å². The lowest BCUT2D eigenvalue weighted by Crippen LogP contribution is -2.14. The highest BCUT2D eigenvalue weighted by Gasteiger charge is 2.22. The minimum atomic E-state index is -4.00. The summed E-state index contributed by atoms with van der Waals surface area (Å²) in [6.07, 6.45) is 0. The molecule has 0 bridgehead atoms. The molecule has 2 rings (SSSR count). The summed E-state index contributed by atoms with van der Waals surface area (Å²) in [4.78, 5) is -0.198. The van der Waals surface area contributed by atoms with E-state index >= 15 is 0 Å². The van der Waals surface area contributed by atoms with Crippen LogP contribution in [0.1, 0.15) is 0 Å². The van der Waals surface area contributed by atoms with E-state index in [1.807, 2.05) is 0 Å². The van der Waals surface area contributed by atoms with Crippen molar-refractivity contribution in [3.05, 3.63) is 50.4 Å². The quantitative estimate of drug-likeness (QED) is 0.775. The maximum absolute atomic E-state index is 12.4. The van der Waals surface area contributed by atoms with E-state index in [4.69, 9.17) is 51.1 Å². The molecule has 0 radical (unpaired) electrons. The lowest BCUT2D eigenvalue weighted by atomic mass is 10.3. The Morgan fingerprint density at radius 3 is 2.32 bits per heavy atom. The molecule has 2 aromatic carbocycles. The van der Waals surface area contributed by atoms with Crippen molar-refractivity contribution in [3.8, 4) is 5.75 Å². The Hall–Kier alpha value is -0.850. The van der Waals surface area contributed by atoms with Crippen LogP contribution in [0.25, 0.3) is 0 Å². The number of ether oxygens (including phenoxy) is 1. The first-order valence-corrected chi connectivity index (χ1v) is 8.75. The lowest BCUT2D eigenvalue weighted by molar-refractivity contribution is 0.414. The molecule has 22 heavy (non-hydrogen) atoms. The molecular weight excluding hydrogens is 392 g/mol. The van der Waals surface area contributed by atoms with Crippen LogP contribution in [0.15, 0.2) is 35.2 Å². The Balaban J connectivity index is 2.47. The minimum Gasteiger partial charge on any atom is -0.495 e. The van der Waals surface area contributed by atoms with Gasteiger partial charge in [-0.3, -0.25) is 4.72 Å². The molecule has 0 saturated carbocycles. The third-order valence-electron chi connectivity index (χ3n) is 2.69. The Kier molecular flexibility index (Phi) is 5.35. The molecule has 2 aromatic rings. The first kappa shape index (κ1) is 17.5. The number of hydrogen-bond donors (Lipinski definition) is 1. The van der Waals surface area contributed by atoms with Crippen LogP contribution in [0.5, 0.6) is 5.75 Å². The molecule has 0 aliphatic rings. The second-order valence-corrected chi connectivity index (χ2v) is 7.37. The number of hydrogen-bond acceptors (Lipinski definition) is 3. The van der Waals surface area contributed by atoms with Crippen molar-refractivity contribution in [2.75, 3.05) is 11.8 Å². The van der Waals surface area contributed by atoms with Crippen molar-refractivity contribution in [2.24, 2.45) is 0 Å². The lowest BCUT2D eigenvalue weighted by Gasteiger charge is -2.13. The summed E-state index contributed by atoms with van der Waals surface area (Å²) < 4.78 is 32.2. The third kappa shape index (κ3) is 3.55. The van der Waals surface area contributed by atoms with Crippen LogP contribution in [0.2, 0.25) is 20.1 Å². The number of methoxy groups -OCH3 is 1. The van der Waals surface area contributed by atoms with Gasteiger partial charge < -0.3 is 4.74 Å². The number of nitrogens with one attached hydrogen (secondary N) is 1. The van der Waals surface area contributed by atoms with Crippen LogP contribution in [-0.4, -0.2) is 15.5 Å². The molecule has 0 fully saturated rings. The second kappa shape index (κ2) is 6.72. The average Bonchev–Trinajstić information content (AvgIpc) is 2.45. The zero-order valence-electron chi connectivity index (χ0n) is 11.0. The van der Waals surface area contributed by atoms with Crippen LogP contribution < -0.4 is 9.46 Å². The van der Waals surface area contributed by atoms with Crippen molar-refractivity contribution in [3.63, 3.8) is 0 Å². The van der Waals surface area contributed by atoms with Gasteiger partial charge in [0, 0.05) is 5.02 Å². The summed E-state index contributed by atoms with van der Waals surface area (Å²) in [5, 5.41) is 0.389. The first-order chi connectivity index (χ1) is 10.3. The molecular formula is C13H9Cl4NO3S. The third-order valence-corrected chi connectivity index (χ3v) is 5.64. The van der Waals surface area contributed by atoms with Crippen molar-refractivity contribution in [1.29, 1.82) is 0 Å². The number of anilines is 1. The van der Waals surface area contributed by atoms with Crippen LogP contribution in [0.4, 0.5) is 5.69 Å². The van der Waals surface area contributed by atoms with E-state index in [2.05, 4.69) is 4.72 Å². The van der Waals surface area contributed by atoms with E-state index in [1.165, 1.54) is 31.4 Å². The van der Waals surface area contributed by atoms with Gasteiger partial charge >= 0.3 is 0 Å². The molecule has 0 heterocycles. The smallest absolute Gasteiger partial charge is 0.263 e. The van der Waals surface area contributed by atoms with Crippen LogP contribution in [-0.2, 0) is 10.0 Å². The number of halogens is 4. The van der Waals surface area contributed by atoms with Crippen molar-refractivity contribution < 1.29 is 13.2 Å². The van der Waals surface area contributed by atoms with E-state index in [9.17, 15) is 8.42 Å². The first-order valence-electron chi connectivity index (χ1n) is 5.76. The molecule has 0 amide bonds. The van der Waals surface area contributed by atoms with Crippen molar-refractivity contribution in [2.45, 2.75) is 4.90 Å². The monoisotopic (exact) mass is 399 g/mol. The van der Waals surface area contributed by atoms with Crippen molar-refractivity contribution in [1.82, 2.24) is 0 Å². The maximum atomic E-state index is 12.4. The van der Waals surface area contributed by atoms with Crippen LogP contribution in [0, 0.1) is 0 Å². The molecule has 9 heteroatoms. The van der Waals surface area contributed by atoms with Gasteiger partial charge in [0.05, 0.1) is 22.8 Å². The molecule has 4 nitrogen and oxygen atoms in total. The maximum Gasteiger partial charge on any atom is 0.263 e. The summed E-state index contributed by atoms with van der Waals surface area (Å²) in [7, 11) is -2.60. The molecule has 0 saturated heterocycles. The molecule has 0 atom stereocenters. The van der Waals surface area contributed by atoms with Gasteiger partial charge in [0.1, 0.15) is 15.7 Å². The zero-order valence-corrected chi connectivity index (χ0v) is 14.9. The molecule has 1 N–H and O–H groups in total.